The Morgan fingerprint density at radius 3 is 2.29 bits per heavy atom. The van der Waals surface area contributed by atoms with Crippen LogP contribution in [0.15, 0.2) is 24.3 Å². The summed E-state index contributed by atoms with van der Waals surface area (Å²) in [5, 5.41) is 2.94. The molecule has 0 aliphatic rings. The molecule has 17 heavy (non-hydrogen) atoms. The van der Waals surface area contributed by atoms with E-state index in [1.54, 1.807) is 14.0 Å². The van der Waals surface area contributed by atoms with E-state index in [2.05, 4.69) is 5.32 Å². The number of halogens is 3. The quantitative estimate of drug-likeness (QED) is 0.882. The van der Waals surface area contributed by atoms with E-state index in [9.17, 15) is 13.2 Å². The minimum absolute atomic E-state index is 0.0312. The predicted octanol–water partition coefficient (Wildman–Crippen LogP) is 3.08. The summed E-state index contributed by atoms with van der Waals surface area (Å²) in [7, 11) is 1.74. The van der Waals surface area contributed by atoms with Crippen molar-refractivity contribution >= 4 is 0 Å². The van der Waals surface area contributed by atoms with Crippen molar-refractivity contribution in [3.8, 4) is 5.75 Å². The van der Waals surface area contributed by atoms with E-state index in [0.717, 1.165) is 6.07 Å². The predicted molar refractivity (Wildman–Crippen MR) is 60.1 cm³/mol. The van der Waals surface area contributed by atoms with Crippen LogP contribution in [0, 0.1) is 0 Å². The van der Waals surface area contributed by atoms with E-state index < -0.39 is 11.7 Å². The third kappa shape index (κ3) is 3.63. The Kier molecular flexibility index (Phi) is 4.40. The highest BCUT2D eigenvalue weighted by atomic mass is 19.4. The first-order valence-electron chi connectivity index (χ1n) is 5.36. The average Bonchev–Trinajstić information content (AvgIpc) is 2.27. The van der Waals surface area contributed by atoms with Gasteiger partial charge in [-0.15, -0.1) is 0 Å². The second-order valence-electron chi connectivity index (χ2n) is 3.89. The van der Waals surface area contributed by atoms with Crippen LogP contribution in [0.1, 0.15) is 19.4 Å². The Hall–Kier alpha value is -1.23. The summed E-state index contributed by atoms with van der Waals surface area (Å²) in [6.07, 6.45) is -4.73. The summed E-state index contributed by atoms with van der Waals surface area (Å²) in [6.45, 7) is 3.58. The molecule has 0 amide bonds. The lowest BCUT2D eigenvalue weighted by Crippen LogP contribution is -2.36. The van der Waals surface area contributed by atoms with Gasteiger partial charge in [0.05, 0.1) is 5.56 Å². The first kappa shape index (κ1) is 13.8. The van der Waals surface area contributed by atoms with Gasteiger partial charge in [0.25, 0.3) is 0 Å². The van der Waals surface area contributed by atoms with Crippen LogP contribution in [0.25, 0.3) is 0 Å². The van der Waals surface area contributed by atoms with Gasteiger partial charge in [-0.1, -0.05) is 12.1 Å². The highest BCUT2D eigenvalue weighted by Crippen LogP contribution is 2.36. The van der Waals surface area contributed by atoms with Crippen LogP contribution < -0.4 is 10.1 Å². The number of benzene rings is 1. The zero-order valence-corrected chi connectivity index (χ0v) is 10.0. The number of likely N-dealkylation sites (N-methyl/N-ethyl adjacent to an activating group) is 1. The molecule has 0 bridgehead atoms. The minimum Gasteiger partial charge on any atom is -0.488 e. The molecule has 0 heterocycles. The van der Waals surface area contributed by atoms with Gasteiger partial charge in [-0.2, -0.15) is 13.2 Å². The Bertz CT molecular complexity index is 365. The molecular weight excluding hydrogens is 231 g/mol. The third-order valence-electron chi connectivity index (χ3n) is 2.66. The molecule has 0 saturated carbocycles. The van der Waals surface area contributed by atoms with Gasteiger partial charge in [-0.25, -0.2) is 0 Å². The van der Waals surface area contributed by atoms with Gasteiger partial charge in [0.15, 0.2) is 0 Å². The van der Waals surface area contributed by atoms with Crippen LogP contribution >= 0.6 is 0 Å². The second kappa shape index (κ2) is 5.40. The van der Waals surface area contributed by atoms with E-state index in [1.807, 2.05) is 6.92 Å². The summed E-state index contributed by atoms with van der Waals surface area (Å²) in [5.41, 5.74) is -0.741. The van der Waals surface area contributed by atoms with Gasteiger partial charge in [-0.05, 0) is 33.0 Å². The van der Waals surface area contributed by atoms with E-state index in [1.165, 1.54) is 18.2 Å². The normalized spacial score (nSPS) is 15.4. The summed E-state index contributed by atoms with van der Waals surface area (Å²) < 4.78 is 43.4. The van der Waals surface area contributed by atoms with Crippen LogP contribution in [0.4, 0.5) is 13.2 Å². The lowest BCUT2D eigenvalue weighted by molar-refractivity contribution is -0.139. The van der Waals surface area contributed by atoms with Gasteiger partial charge < -0.3 is 10.1 Å². The molecule has 1 aromatic rings. The fraction of sp³-hybridized carbons (Fsp3) is 0.500. The molecule has 0 aliphatic heterocycles. The molecule has 0 aliphatic carbocycles. The number of hydrogen-bond donors (Lipinski definition) is 1. The molecule has 0 radical (unpaired) electrons. The van der Waals surface area contributed by atoms with Crippen molar-refractivity contribution in [2.45, 2.75) is 32.2 Å². The van der Waals surface area contributed by atoms with Crippen LogP contribution in [-0.4, -0.2) is 19.2 Å². The molecule has 1 aromatic carbocycles. The van der Waals surface area contributed by atoms with Gasteiger partial charge in [0, 0.05) is 6.04 Å². The van der Waals surface area contributed by atoms with Gasteiger partial charge in [0.2, 0.25) is 0 Å². The van der Waals surface area contributed by atoms with Crippen molar-refractivity contribution in [3.05, 3.63) is 29.8 Å². The maximum atomic E-state index is 12.7. The molecule has 2 nitrogen and oxygen atoms in total. The summed E-state index contributed by atoms with van der Waals surface area (Å²) in [4.78, 5) is 0. The maximum absolute atomic E-state index is 12.7. The zero-order chi connectivity index (χ0) is 13.1. The van der Waals surface area contributed by atoms with Crippen LogP contribution in [0.3, 0.4) is 0 Å². The Balaban J connectivity index is 2.91. The molecule has 0 saturated heterocycles. The van der Waals surface area contributed by atoms with E-state index in [0.29, 0.717) is 0 Å². The zero-order valence-electron chi connectivity index (χ0n) is 10.0. The fourth-order valence-electron chi connectivity index (χ4n) is 1.34. The second-order valence-corrected chi connectivity index (χ2v) is 3.89. The Morgan fingerprint density at radius 2 is 1.76 bits per heavy atom. The van der Waals surface area contributed by atoms with Gasteiger partial charge in [0.1, 0.15) is 11.9 Å². The van der Waals surface area contributed by atoms with E-state index in [-0.39, 0.29) is 17.9 Å². The van der Waals surface area contributed by atoms with E-state index in [4.69, 9.17) is 4.74 Å². The minimum atomic E-state index is -4.39. The van der Waals surface area contributed by atoms with Crippen LogP contribution in [-0.2, 0) is 6.18 Å². The van der Waals surface area contributed by atoms with E-state index >= 15 is 0 Å². The molecule has 1 rings (SSSR count). The van der Waals surface area contributed by atoms with Crippen molar-refractivity contribution < 1.29 is 17.9 Å². The first-order chi connectivity index (χ1) is 7.86. The van der Waals surface area contributed by atoms with Crippen molar-refractivity contribution in [3.63, 3.8) is 0 Å². The average molecular weight is 247 g/mol. The SMILES string of the molecule is CNC(C)C(C)Oc1ccccc1C(F)(F)F. The highest BCUT2D eigenvalue weighted by molar-refractivity contribution is 5.35. The molecule has 1 N–H and O–H groups in total. The summed E-state index contributed by atoms with van der Waals surface area (Å²) >= 11 is 0. The number of nitrogens with one attached hydrogen (secondary N) is 1. The lowest BCUT2D eigenvalue weighted by Gasteiger charge is -2.23. The number of rotatable bonds is 4. The largest absolute Gasteiger partial charge is 0.488 e. The van der Waals surface area contributed by atoms with Crippen molar-refractivity contribution in [2.75, 3.05) is 7.05 Å². The Labute approximate surface area is 98.8 Å². The number of hydrogen-bond acceptors (Lipinski definition) is 2. The lowest BCUT2D eigenvalue weighted by atomic mass is 10.1. The maximum Gasteiger partial charge on any atom is 0.419 e. The smallest absolute Gasteiger partial charge is 0.419 e. The van der Waals surface area contributed by atoms with Crippen molar-refractivity contribution in [1.29, 1.82) is 0 Å². The molecule has 5 heteroatoms. The molecular formula is C12H16F3NO. The highest BCUT2D eigenvalue weighted by Gasteiger charge is 2.34. The Morgan fingerprint density at radius 1 is 1.18 bits per heavy atom. The first-order valence-corrected chi connectivity index (χ1v) is 5.36. The monoisotopic (exact) mass is 247 g/mol. The number of ether oxygens (including phenoxy) is 1. The molecule has 0 aromatic heterocycles. The molecule has 2 atom stereocenters. The molecule has 0 fully saturated rings. The van der Waals surface area contributed by atoms with Crippen molar-refractivity contribution in [1.82, 2.24) is 5.32 Å². The summed E-state index contributed by atoms with van der Waals surface area (Å²) in [6, 6.07) is 5.20. The molecule has 96 valence electrons. The van der Waals surface area contributed by atoms with Crippen molar-refractivity contribution in [2.24, 2.45) is 0 Å². The fourth-order valence-corrected chi connectivity index (χ4v) is 1.34. The molecule has 0 spiro atoms. The topological polar surface area (TPSA) is 21.3 Å². The van der Waals surface area contributed by atoms with Crippen LogP contribution in [0.5, 0.6) is 5.75 Å². The van der Waals surface area contributed by atoms with Gasteiger partial charge >= 0.3 is 6.18 Å². The molecule has 2 unspecified atom stereocenters. The number of alkyl halides is 3. The number of para-hydroxylation sites is 1. The third-order valence-corrected chi connectivity index (χ3v) is 2.66. The standard InChI is InChI=1S/C12H16F3NO/c1-8(16-3)9(2)17-11-7-5-4-6-10(11)12(13,14)15/h4-9,16H,1-3H3. The van der Waals surface area contributed by atoms with Crippen LogP contribution in [0.2, 0.25) is 0 Å². The van der Waals surface area contributed by atoms with Gasteiger partial charge in [-0.3, -0.25) is 0 Å². The summed E-state index contributed by atoms with van der Waals surface area (Å²) in [5.74, 6) is -0.130.